The third kappa shape index (κ3) is 6.31. The SMILES string of the molecule is COc1ccc(CN(Cc2ccc3c(c2)OCO3)C[C@@H](O)COc2ccc(OC)cc2)cc1. The lowest BCUT2D eigenvalue weighted by molar-refractivity contribution is 0.0628. The van der Waals surface area contributed by atoms with Crippen LogP contribution in [0.4, 0.5) is 0 Å². The van der Waals surface area contributed by atoms with E-state index in [1.54, 1.807) is 14.2 Å². The molecule has 0 radical (unpaired) electrons. The number of nitrogens with zero attached hydrogens (tertiary/aromatic N) is 1. The van der Waals surface area contributed by atoms with E-state index in [0.717, 1.165) is 34.1 Å². The maximum absolute atomic E-state index is 10.7. The number of aliphatic hydroxyl groups is 1. The lowest BCUT2D eigenvalue weighted by atomic mass is 10.1. The van der Waals surface area contributed by atoms with Crippen molar-refractivity contribution >= 4 is 0 Å². The molecule has 3 aromatic rings. The molecule has 0 aromatic heterocycles. The molecule has 0 spiro atoms. The van der Waals surface area contributed by atoms with Crippen molar-refractivity contribution in [3.05, 3.63) is 77.9 Å². The standard InChI is InChI=1S/C26H29NO6/c1-29-22-6-3-19(4-7-22)14-27(15-20-5-12-25-26(13-20)33-18-32-25)16-21(28)17-31-24-10-8-23(30-2)9-11-24/h3-13,21,28H,14-18H2,1-2H3/t21-/m1/s1. The summed E-state index contributed by atoms with van der Waals surface area (Å²) in [5.41, 5.74) is 2.20. The lowest BCUT2D eigenvalue weighted by Crippen LogP contribution is -2.35. The van der Waals surface area contributed by atoms with E-state index >= 15 is 0 Å². The quantitative estimate of drug-likeness (QED) is 0.475. The van der Waals surface area contributed by atoms with E-state index in [4.69, 9.17) is 23.7 Å². The molecule has 0 bridgehead atoms. The number of benzene rings is 3. The van der Waals surface area contributed by atoms with Crippen LogP contribution in [0.25, 0.3) is 0 Å². The van der Waals surface area contributed by atoms with Crippen LogP contribution in [0.1, 0.15) is 11.1 Å². The molecular formula is C26H29NO6. The van der Waals surface area contributed by atoms with Crippen molar-refractivity contribution in [2.75, 3.05) is 34.2 Å². The van der Waals surface area contributed by atoms with E-state index in [-0.39, 0.29) is 13.4 Å². The maximum Gasteiger partial charge on any atom is 0.231 e. The van der Waals surface area contributed by atoms with Crippen LogP contribution < -0.4 is 23.7 Å². The molecule has 1 aliphatic heterocycles. The normalized spacial score (nSPS) is 13.1. The summed E-state index contributed by atoms with van der Waals surface area (Å²) < 4.78 is 27.1. The molecule has 0 fully saturated rings. The van der Waals surface area contributed by atoms with Crippen molar-refractivity contribution in [2.45, 2.75) is 19.2 Å². The monoisotopic (exact) mass is 451 g/mol. The Bertz CT molecular complexity index is 1020. The number of methoxy groups -OCH3 is 2. The average molecular weight is 452 g/mol. The predicted molar refractivity (Wildman–Crippen MR) is 124 cm³/mol. The second-order valence-corrected chi connectivity index (χ2v) is 7.85. The minimum atomic E-state index is -0.667. The number of ether oxygens (including phenoxy) is 5. The molecule has 0 unspecified atom stereocenters. The molecule has 0 saturated carbocycles. The van der Waals surface area contributed by atoms with Crippen LogP contribution in [0, 0.1) is 0 Å². The molecule has 0 amide bonds. The van der Waals surface area contributed by atoms with Gasteiger partial charge in [-0.1, -0.05) is 18.2 Å². The first kappa shape index (κ1) is 22.8. The summed E-state index contributed by atoms with van der Waals surface area (Å²) in [7, 11) is 3.28. The topological polar surface area (TPSA) is 69.6 Å². The van der Waals surface area contributed by atoms with Gasteiger partial charge in [0, 0.05) is 19.6 Å². The fraction of sp³-hybridized carbons (Fsp3) is 0.308. The van der Waals surface area contributed by atoms with Gasteiger partial charge in [-0.2, -0.15) is 0 Å². The average Bonchev–Trinajstić information content (AvgIpc) is 3.31. The van der Waals surface area contributed by atoms with Crippen molar-refractivity contribution in [1.82, 2.24) is 4.90 Å². The highest BCUT2D eigenvalue weighted by Crippen LogP contribution is 2.33. The Morgan fingerprint density at radius 2 is 1.36 bits per heavy atom. The van der Waals surface area contributed by atoms with Gasteiger partial charge in [-0.15, -0.1) is 0 Å². The molecule has 3 aromatic carbocycles. The van der Waals surface area contributed by atoms with Gasteiger partial charge in [0.15, 0.2) is 11.5 Å². The third-order valence-electron chi connectivity index (χ3n) is 5.38. The van der Waals surface area contributed by atoms with Gasteiger partial charge < -0.3 is 28.8 Å². The second kappa shape index (κ2) is 10.9. The molecule has 174 valence electrons. The minimum Gasteiger partial charge on any atom is -0.497 e. The Balaban J connectivity index is 1.41. The van der Waals surface area contributed by atoms with Gasteiger partial charge in [-0.3, -0.25) is 4.90 Å². The first-order valence-electron chi connectivity index (χ1n) is 10.8. The Morgan fingerprint density at radius 3 is 2.06 bits per heavy atom. The molecule has 1 atom stereocenters. The summed E-state index contributed by atoms with van der Waals surface area (Å²) in [5.74, 6) is 3.77. The summed E-state index contributed by atoms with van der Waals surface area (Å²) in [5, 5.41) is 10.7. The van der Waals surface area contributed by atoms with E-state index in [1.165, 1.54) is 0 Å². The zero-order valence-electron chi connectivity index (χ0n) is 18.9. The Kier molecular flexibility index (Phi) is 7.55. The molecule has 1 aliphatic rings. The van der Waals surface area contributed by atoms with Crippen molar-refractivity contribution in [3.63, 3.8) is 0 Å². The molecule has 0 saturated heterocycles. The summed E-state index contributed by atoms with van der Waals surface area (Å²) in [6.45, 7) is 2.18. The van der Waals surface area contributed by atoms with E-state index in [9.17, 15) is 5.11 Å². The highest BCUT2D eigenvalue weighted by atomic mass is 16.7. The molecular weight excluding hydrogens is 422 g/mol. The van der Waals surface area contributed by atoms with E-state index in [0.29, 0.717) is 25.4 Å². The van der Waals surface area contributed by atoms with Crippen LogP contribution in [-0.4, -0.2) is 50.3 Å². The molecule has 33 heavy (non-hydrogen) atoms. The molecule has 4 rings (SSSR count). The van der Waals surface area contributed by atoms with Gasteiger partial charge >= 0.3 is 0 Å². The number of aliphatic hydroxyl groups excluding tert-OH is 1. The number of hydrogen-bond acceptors (Lipinski definition) is 7. The zero-order chi connectivity index (χ0) is 23.0. The van der Waals surface area contributed by atoms with Crippen LogP contribution in [0.15, 0.2) is 66.7 Å². The first-order chi connectivity index (χ1) is 16.1. The number of rotatable bonds is 11. The Labute approximate surface area is 194 Å². The van der Waals surface area contributed by atoms with E-state index < -0.39 is 6.10 Å². The van der Waals surface area contributed by atoms with Gasteiger partial charge in [0.1, 0.15) is 30.0 Å². The molecule has 7 heteroatoms. The lowest BCUT2D eigenvalue weighted by Gasteiger charge is -2.25. The van der Waals surface area contributed by atoms with Crippen LogP contribution in [0.3, 0.4) is 0 Å². The Hall–Kier alpha value is -3.42. The number of hydrogen-bond donors (Lipinski definition) is 1. The van der Waals surface area contributed by atoms with Crippen LogP contribution in [-0.2, 0) is 13.1 Å². The summed E-state index contributed by atoms with van der Waals surface area (Å²) in [6, 6.07) is 21.2. The second-order valence-electron chi connectivity index (χ2n) is 7.85. The highest BCUT2D eigenvalue weighted by molar-refractivity contribution is 5.44. The summed E-state index contributed by atoms with van der Waals surface area (Å²) >= 11 is 0. The fourth-order valence-corrected chi connectivity index (χ4v) is 3.69. The minimum absolute atomic E-state index is 0.187. The van der Waals surface area contributed by atoms with Gasteiger partial charge in [-0.25, -0.2) is 0 Å². The molecule has 1 N–H and O–H groups in total. The Morgan fingerprint density at radius 1 is 0.788 bits per heavy atom. The van der Waals surface area contributed by atoms with E-state index in [2.05, 4.69) is 4.90 Å². The first-order valence-corrected chi connectivity index (χ1v) is 10.8. The van der Waals surface area contributed by atoms with Crippen molar-refractivity contribution in [2.24, 2.45) is 0 Å². The van der Waals surface area contributed by atoms with Crippen molar-refractivity contribution in [3.8, 4) is 28.7 Å². The zero-order valence-corrected chi connectivity index (χ0v) is 18.9. The molecule has 1 heterocycles. The van der Waals surface area contributed by atoms with Gasteiger partial charge in [-0.05, 0) is 59.7 Å². The largest absolute Gasteiger partial charge is 0.497 e. The van der Waals surface area contributed by atoms with Gasteiger partial charge in [0.25, 0.3) is 0 Å². The van der Waals surface area contributed by atoms with Crippen molar-refractivity contribution < 1.29 is 28.8 Å². The van der Waals surface area contributed by atoms with Crippen LogP contribution in [0.5, 0.6) is 28.7 Å². The van der Waals surface area contributed by atoms with Gasteiger partial charge in [0.2, 0.25) is 6.79 Å². The number of fused-ring (bicyclic) bond motifs is 1. The molecule has 0 aliphatic carbocycles. The highest BCUT2D eigenvalue weighted by Gasteiger charge is 2.17. The van der Waals surface area contributed by atoms with E-state index in [1.807, 2.05) is 66.7 Å². The molecule has 7 nitrogen and oxygen atoms in total. The predicted octanol–water partition coefficient (Wildman–Crippen LogP) is 3.87. The smallest absolute Gasteiger partial charge is 0.231 e. The third-order valence-corrected chi connectivity index (χ3v) is 5.38. The van der Waals surface area contributed by atoms with Gasteiger partial charge in [0.05, 0.1) is 14.2 Å². The fourth-order valence-electron chi connectivity index (χ4n) is 3.69. The summed E-state index contributed by atoms with van der Waals surface area (Å²) in [4.78, 5) is 2.18. The van der Waals surface area contributed by atoms with Crippen LogP contribution >= 0.6 is 0 Å². The maximum atomic E-state index is 10.7. The van der Waals surface area contributed by atoms with Crippen molar-refractivity contribution in [1.29, 1.82) is 0 Å². The summed E-state index contributed by atoms with van der Waals surface area (Å²) in [6.07, 6.45) is -0.667. The van der Waals surface area contributed by atoms with Crippen LogP contribution in [0.2, 0.25) is 0 Å².